The molecular weight excluding hydrogens is 180 g/mol. The van der Waals surface area contributed by atoms with Gasteiger partial charge in [-0.05, 0) is 48.4 Å². The predicted molar refractivity (Wildman–Crippen MR) is 57.4 cm³/mol. The lowest BCUT2D eigenvalue weighted by atomic mass is 9.94. The maximum atomic E-state index is 8.29. The lowest BCUT2D eigenvalue weighted by Crippen LogP contribution is -1.95. The summed E-state index contributed by atoms with van der Waals surface area (Å²) in [6.07, 6.45) is 4.39. The fourth-order valence-electron chi connectivity index (χ4n) is 2.00. The van der Waals surface area contributed by atoms with Crippen molar-refractivity contribution in [1.82, 2.24) is 0 Å². The summed E-state index contributed by atoms with van der Waals surface area (Å²) in [5, 5.41) is 0.754. The van der Waals surface area contributed by atoms with Crippen molar-refractivity contribution in [3.63, 3.8) is 0 Å². The zero-order chi connectivity index (χ0) is 10.2. The molecule has 0 aliphatic heterocycles. The molecule has 0 fully saturated rings. The summed E-state index contributed by atoms with van der Waals surface area (Å²) in [5.74, 6) is -0.448. The molecule has 0 amide bonds. The third-order valence-electron chi connectivity index (χ3n) is 2.78. The van der Waals surface area contributed by atoms with E-state index in [1.807, 2.05) is 19.1 Å². The lowest BCUT2D eigenvalue weighted by Gasteiger charge is -2.12. The fourth-order valence-corrected chi connectivity index (χ4v) is 2.18. The Hall–Kier alpha value is -0.490. The van der Waals surface area contributed by atoms with Crippen LogP contribution in [0.15, 0.2) is 18.2 Å². The van der Waals surface area contributed by atoms with E-state index in [1.54, 1.807) is 0 Å². The monoisotopic (exact) mass is 195 g/mol. The smallest absolute Gasteiger partial charge is 0.0409 e. The van der Waals surface area contributed by atoms with Crippen molar-refractivity contribution >= 4 is 11.6 Å². The van der Waals surface area contributed by atoms with Crippen molar-refractivity contribution in [3.05, 3.63) is 34.3 Å². The number of halogens is 1. The molecule has 1 aromatic rings. The van der Waals surface area contributed by atoms with Crippen LogP contribution in [0.3, 0.4) is 0 Å². The summed E-state index contributed by atoms with van der Waals surface area (Å²) in [6, 6.07) is 5.98. The zero-order valence-corrected chi connectivity index (χ0v) is 8.69. The van der Waals surface area contributed by atoms with E-state index in [0.717, 1.165) is 29.8 Å². The van der Waals surface area contributed by atoms with E-state index in [4.69, 9.17) is 13.0 Å². The Morgan fingerprint density at radius 1 is 1.46 bits per heavy atom. The first kappa shape index (κ1) is 7.87. The summed E-state index contributed by atoms with van der Waals surface area (Å²) in [4.78, 5) is 0. The quantitative estimate of drug-likeness (QED) is 0.545. The van der Waals surface area contributed by atoms with Crippen LogP contribution in [-0.4, -0.2) is 0 Å². The highest BCUT2D eigenvalue weighted by Crippen LogP contribution is 2.31. The molecule has 1 atom stereocenters. The molecule has 0 saturated heterocycles. The van der Waals surface area contributed by atoms with Gasteiger partial charge in [0.25, 0.3) is 0 Å². The molecule has 1 aromatic carbocycles. The molecule has 0 aromatic heterocycles. The Balaban J connectivity index is 2.52. The standard InChI is InChI=1S/C12H15Cl/c1-9-4-2-3-5-10-6-7-11(13)8-12(9)10/h6-9H,2-5H2,1H3/t9-/m0/s1/i9D. The molecule has 0 heterocycles. The highest BCUT2D eigenvalue weighted by molar-refractivity contribution is 6.30. The molecule has 0 spiro atoms. The highest BCUT2D eigenvalue weighted by Gasteiger charge is 2.14. The molecule has 0 radical (unpaired) electrons. The van der Waals surface area contributed by atoms with Crippen LogP contribution in [0, 0.1) is 0 Å². The summed E-state index contributed by atoms with van der Waals surface area (Å²) in [7, 11) is 0. The second-order valence-electron chi connectivity index (χ2n) is 3.79. The Kier molecular flexibility index (Phi) is 2.25. The van der Waals surface area contributed by atoms with Crippen molar-refractivity contribution in [2.24, 2.45) is 0 Å². The molecule has 70 valence electrons. The molecule has 0 N–H and O–H groups in total. The summed E-state index contributed by atoms with van der Waals surface area (Å²) in [5.41, 5.74) is 2.44. The minimum absolute atomic E-state index is 0.448. The molecule has 1 aliphatic carbocycles. The van der Waals surface area contributed by atoms with Gasteiger partial charge in [-0.15, -0.1) is 0 Å². The summed E-state index contributed by atoms with van der Waals surface area (Å²) < 4.78 is 8.29. The van der Waals surface area contributed by atoms with E-state index in [2.05, 4.69) is 6.07 Å². The first-order valence-corrected chi connectivity index (χ1v) is 5.26. The third kappa shape index (κ3) is 1.88. The van der Waals surface area contributed by atoms with E-state index in [-0.39, 0.29) is 0 Å². The van der Waals surface area contributed by atoms with Crippen LogP contribution in [0.2, 0.25) is 5.02 Å². The van der Waals surface area contributed by atoms with Crippen LogP contribution in [0.1, 0.15) is 44.6 Å². The van der Waals surface area contributed by atoms with Crippen molar-refractivity contribution in [3.8, 4) is 0 Å². The second-order valence-corrected chi connectivity index (χ2v) is 4.23. The van der Waals surface area contributed by atoms with Crippen LogP contribution < -0.4 is 0 Å². The minimum Gasteiger partial charge on any atom is -0.0843 e. The van der Waals surface area contributed by atoms with Gasteiger partial charge in [0.15, 0.2) is 0 Å². The van der Waals surface area contributed by atoms with Crippen LogP contribution in [0.25, 0.3) is 0 Å². The largest absolute Gasteiger partial charge is 0.0843 e. The Morgan fingerprint density at radius 3 is 3.15 bits per heavy atom. The van der Waals surface area contributed by atoms with E-state index >= 15 is 0 Å². The van der Waals surface area contributed by atoms with Gasteiger partial charge in [-0.1, -0.05) is 31.0 Å². The molecule has 1 aliphatic rings. The first-order valence-electron chi connectivity index (χ1n) is 5.38. The maximum Gasteiger partial charge on any atom is 0.0409 e. The van der Waals surface area contributed by atoms with Crippen molar-refractivity contribution in [2.75, 3.05) is 0 Å². The van der Waals surface area contributed by atoms with Crippen LogP contribution in [0.4, 0.5) is 0 Å². The summed E-state index contributed by atoms with van der Waals surface area (Å²) >= 11 is 5.97. The van der Waals surface area contributed by atoms with Gasteiger partial charge in [0.1, 0.15) is 0 Å². The number of rotatable bonds is 0. The average Bonchev–Trinajstić information content (AvgIpc) is 2.26. The lowest BCUT2D eigenvalue weighted by molar-refractivity contribution is 0.635. The minimum atomic E-state index is -0.448. The van der Waals surface area contributed by atoms with E-state index < -0.39 is 5.89 Å². The summed E-state index contributed by atoms with van der Waals surface area (Å²) in [6.45, 7) is 1.99. The topological polar surface area (TPSA) is 0 Å². The van der Waals surface area contributed by atoms with Crippen molar-refractivity contribution in [1.29, 1.82) is 0 Å². The van der Waals surface area contributed by atoms with E-state index in [0.29, 0.717) is 0 Å². The van der Waals surface area contributed by atoms with Gasteiger partial charge in [-0.25, -0.2) is 0 Å². The molecule has 0 saturated carbocycles. The highest BCUT2D eigenvalue weighted by atomic mass is 35.5. The number of hydrogen-bond acceptors (Lipinski definition) is 0. The number of fused-ring (bicyclic) bond motifs is 1. The van der Waals surface area contributed by atoms with Crippen molar-refractivity contribution in [2.45, 2.75) is 38.5 Å². The molecular formula is C12H15Cl. The maximum absolute atomic E-state index is 8.29. The van der Waals surface area contributed by atoms with Crippen LogP contribution in [0.5, 0.6) is 0 Å². The van der Waals surface area contributed by atoms with Gasteiger partial charge >= 0.3 is 0 Å². The van der Waals surface area contributed by atoms with Crippen LogP contribution >= 0.6 is 11.6 Å². The second kappa shape index (κ2) is 3.71. The molecule has 2 rings (SSSR count). The molecule has 0 bridgehead atoms. The number of hydrogen-bond donors (Lipinski definition) is 0. The van der Waals surface area contributed by atoms with Gasteiger partial charge in [0.2, 0.25) is 0 Å². The number of benzene rings is 1. The fraction of sp³-hybridized carbons (Fsp3) is 0.500. The normalized spacial score (nSPS) is 28.9. The Labute approximate surface area is 86.3 Å². The average molecular weight is 196 g/mol. The van der Waals surface area contributed by atoms with Gasteiger partial charge in [0.05, 0.1) is 0 Å². The number of aryl methyl sites for hydroxylation is 1. The van der Waals surface area contributed by atoms with Gasteiger partial charge in [-0.3, -0.25) is 0 Å². The van der Waals surface area contributed by atoms with Gasteiger partial charge in [0, 0.05) is 6.39 Å². The van der Waals surface area contributed by atoms with Gasteiger partial charge in [-0.2, -0.15) is 0 Å². The van der Waals surface area contributed by atoms with E-state index in [9.17, 15) is 0 Å². The zero-order valence-electron chi connectivity index (χ0n) is 8.94. The Morgan fingerprint density at radius 2 is 2.31 bits per heavy atom. The predicted octanol–water partition coefficient (Wildman–Crippen LogP) is 4.17. The Bertz CT molecular complexity index is 344. The molecule has 1 heteroatoms. The SMILES string of the molecule is [2H][C@]1(C)CCCCc2ccc(Cl)cc21. The third-order valence-corrected chi connectivity index (χ3v) is 3.01. The van der Waals surface area contributed by atoms with Crippen molar-refractivity contribution < 1.29 is 1.37 Å². The van der Waals surface area contributed by atoms with E-state index in [1.165, 1.54) is 12.0 Å². The first-order chi connectivity index (χ1) is 6.59. The van der Waals surface area contributed by atoms with Crippen LogP contribution in [-0.2, 0) is 6.42 Å². The van der Waals surface area contributed by atoms with Gasteiger partial charge < -0.3 is 0 Å². The molecule has 0 unspecified atom stereocenters. The molecule has 13 heavy (non-hydrogen) atoms. The molecule has 0 nitrogen and oxygen atoms in total.